The summed E-state index contributed by atoms with van der Waals surface area (Å²) in [6, 6.07) is 2.68. The molecule has 0 bridgehead atoms. The van der Waals surface area contributed by atoms with Crippen molar-refractivity contribution >= 4 is 21.7 Å². The van der Waals surface area contributed by atoms with Crippen LogP contribution in [0, 0.1) is 6.92 Å². The normalized spacial score (nSPS) is 18.3. The maximum atomic E-state index is 5.90. The zero-order chi connectivity index (χ0) is 14.5. The Hall–Kier alpha value is -0.650. The van der Waals surface area contributed by atoms with E-state index in [0.717, 1.165) is 43.0 Å². The summed E-state index contributed by atoms with van der Waals surface area (Å²) >= 11 is 3.47. The maximum absolute atomic E-state index is 5.90. The molecule has 0 aromatic carbocycles. The first-order valence-electron chi connectivity index (χ1n) is 7.47. The summed E-state index contributed by atoms with van der Waals surface area (Å²) in [5.41, 5.74) is 7.14. The minimum atomic E-state index is 0.543. The van der Waals surface area contributed by atoms with Crippen molar-refractivity contribution in [3.63, 3.8) is 0 Å². The van der Waals surface area contributed by atoms with Crippen molar-refractivity contribution in [1.82, 2.24) is 9.88 Å². The molecule has 0 spiro atoms. The van der Waals surface area contributed by atoms with Crippen LogP contribution >= 0.6 is 15.9 Å². The molecule has 0 amide bonds. The maximum Gasteiger partial charge on any atom is 0.131 e. The fraction of sp³-hybridized carbons (Fsp3) is 0.667. The highest BCUT2D eigenvalue weighted by Crippen LogP contribution is 2.22. The first-order valence-corrected chi connectivity index (χ1v) is 8.26. The molecular formula is C15H25BrN4. The average molecular weight is 341 g/mol. The van der Waals surface area contributed by atoms with Crippen LogP contribution in [0.4, 0.5) is 5.82 Å². The van der Waals surface area contributed by atoms with Crippen LogP contribution in [-0.4, -0.2) is 48.6 Å². The molecule has 20 heavy (non-hydrogen) atoms. The number of pyridine rings is 1. The number of piperazine rings is 1. The molecule has 1 saturated heterocycles. The highest BCUT2D eigenvalue weighted by molar-refractivity contribution is 9.10. The van der Waals surface area contributed by atoms with E-state index in [1.54, 1.807) is 0 Å². The number of nitrogens with zero attached hydrogens (tertiary/aromatic N) is 3. The van der Waals surface area contributed by atoms with Crippen LogP contribution in [0.25, 0.3) is 0 Å². The van der Waals surface area contributed by atoms with Gasteiger partial charge in [0.05, 0.1) is 0 Å². The minimum Gasteiger partial charge on any atom is -0.354 e. The molecule has 1 unspecified atom stereocenters. The number of nitrogens with two attached hydrogens (primary N) is 1. The minimum absolute atomic E-state index is 0.543. The quantitative estimate of drug-likeness (QED) is 0.893. The van der Waals surface area contributed by atoms with Gasteiger partial charge >= 0.3 is 0 Å². The summed E-state index contributed by atoms with van der Waals surface area (Å²) in [6.07, 6.45) is 4.29. The molecule has 112 valence electrons. The van der Waals surface area contributed by atoms with Crippen molar-refractivity contribution in [1.29, 1.82) is 0 Å². The van der Waals surface area contributed by atoms with Crippen molar-refractivity contribution in [3.05, 3.63) is 22.3 Å². The van der Waals surface area contributed by atoms with E-state index in [2.05, 4.69) is 50.6 Å². The number of anilines is 1. The van der Waals surface area contributed by atoms with Crippen molar-refractivity contribution < 1.29 is 0 Å². The number of aryl methyl sites for hydroxylation is 1. The zero-order valence-electron chi connectivity index (χ0n) is 12.5. The van der Waals surface area contributed by atoms with Crippen LogP contribution < -0.4 is 10.6 Å². The number of hydrogen-bond donors (Lipinski definition) is 1. The molecule has 0 saturated carbocycles. The SMILES string of the molecule is CCCC(CN)N1CCN(c2ncc(Br)cc2C)CC1. The van der Waals surface area contributed by atoms with Gasteiger partial charge in [-0.2, -0.15) is 0 Å². The monoisotopic (exact) mass is 340 g/mol. The van der Waals surface area contributed by atoms with E-state index < -0.39 is 0 Å². The molecule has 0 aliphatic carbocycles. The lowest BCUT2D eigenvalue weighted by molar-refractivity contribution is 0.179. The zero-order valence-corrected chi connectivity index (χ0v) is 14.1. The van der Waals surface area contributed by atoms with Gasteiger partial charge in [-0.1, -0.05) is 13.3 Å². The van der Waals surface area contributed by atoms with E-state index in [1.165, 1.54) is 18.4 Å². The highest BCUT2D eigenvalue weighted by Gasteiger charge is 2.23. The van der Waals surface area contributed by atoms with Gasteiger partial charge in [0, 0.05) is 49.4 Å². The van der Waals surface area contributed by atoms with E-state index in [9.17, 15) is 0 Å². The predicted molar refractivity (Wildman–Crippen MR) is 88.2 cm³/mol. The van der Waals surface area contributed by atoms with Crippen LogP contribution in [0.3, 0.4) is 0 Å². The Kier molecular flexibility index (Phi) is 5.81. The molecule has 1 aromatic rings. The number of halogens is 1. The molecule has 1 atom stereocenters. The van der Waals surface area contributed by atoms with Crippen LogP contribution in [-0.2, 0) is 0 Å². The first kappa shape index (κ1) is 15.7. The molecule has 2 rings (SSSR count). The van der Waals surface area contributed by atoms with Gasteiger partial charge in [-0.3, -0.25) is 4.90 Å². The smallest absolute Gasteiger partial charge is 0.131 e. The van der Waals surface area contributed by atoms with Gasteiger partial charge in [0.1, 0.15) is 5.82 Å². The summed E-state index contributed by atoms with van der Waals surface area (Å²) in [4.78, 5) is 9.49. The molecule has 5 heteroatoms. The Morgan fingerprint density at radius 3 is 2.60 bits per heavy atom. The van der Waals surface area contributed by atoms with Gasteiger partial charge in [-0.25, -0.2) is 4.98 Å². The molecule has 4 nitrogen and oxygen atoms in total. The third-order valence-electron chi connectivity index (χ3n) is 4.04. The predicted octanol–water partition coefficient (Wildman–Crippen LogP) is 2.40. The summed E-state index contributed by atoms with van der Waals surface area (Å²) in [5, 5.41) is 0. The van der Waals surface area contributed by atoms with E-state index >= 15 is 0 Å². The number of aromatic nitrogens is 1. The molecule has 1 aliphatic heterocycles. The van der Waals surface area contributed by atoms with Gasteiger partial charge < -0.3 is 10.6 Å². The van der Waals surface area contributed by atoms with Crippen LogP contribution in [0.15, 0.2) is 16.7 Å². The first-order chi connectivity index (χ1) is 9.65. The second kappa shape index (κ2) is 7.38. The Balaban J connectivity index is 1.97. The standard InChI is InChI=1S/C15H25BrN4/c1-3-4-14(10-17)19-5-7-20(8-6-19)15-12(2)9-13(16)11-18-15/h9,11,14H,3-8,10,17H2,1-2H3. The largest absolute Gasteiger partial charge is 0.354 e. The molecular weight excluding hydrogens is 316 g/mol. The summed E-state index contributed by atoms with van der Waals surface area (Å²) in [7, 11) is 0. The van der Waals surface area contributed by atoms with Crippen LogP contribution in [0.5, 0.6) is 0 Å². The van der Waals surface area contributed by atoms with Crippen molar-refractivity contribution in [2.24, 2.45) is 5.73 Å². The number of rotatable bonds is 5. The van der Waals surface area contributed by atoms with E-state index in [-0.39, 0.29) is 0 Å². The summed E-state index contributed by atoms with van der Waals surface area (Å²) in [5.74, 6) is 1.12. The molecule has 2 heterocycles. The van der Waals surface area contributed by atoms with Crippen LogP contribution in [0.2, 0.25) is 0 Å². The molecule has 1 aromatic heterocycles. The van der Waals surface area contributed by atoms with Gasteiger partial charge in [0.15, 0.2) is 0 Å². The number of hydrogen-bond acceptors (Lipinski definition) is 4. The molecule has 2 N–H and O–H groups in total. The summed E-state index contributed by atoms with van der Waals surface area (Å²) in [6.45, 7) is 9.36. The molecule has 1 fully saturated rings. The fourth-order valence-electron chi connectivity index (χ4n) is 2.95. The highest BCUT2D eigenvalue weighted by atomic mass is 79.9. The second-order valence-electron chi connectivity index (χ2n) is 5.50. The van der Waals surface area contributed by atoms with E-state index in [1.807, 2.05) is 6.20 Å². The van der Waals surface area contributed by atoms with E-state index in [4.69, 9.17) is 5.73 Å². The Morgan fingerprint density at radius 1 is 1.35 bits per heavy atom. The Bertz CT molecular complexity index is 430. The summed E-state index contributed by atoms with van der Waals surface area (Å²) < 4.78 is 1.04. The van der Waals surface area contributed by atoms with E-state index in [0.29, 0.717) is 6.04 Å². The van der Waals surface area contributed by atoms with Crippen molar-refractivity contribution in [2.45, 2.75) is 32.7 Å². The van der Waals surface area contributed by atoms with Gasteiger partial charge in [-0.15, -0.1) is 0 Å². The topological polar surface area (TPSA) is 45.4 Å². The van der Waals surface area contributed by atoms with Gasteiger partial charge in [0.25, 0.3) is 0 Å². The lowest BCUT2D eigenvalue weighted by Gasteiger charge is -2.39. The van der Waals surface area contributed by atoms with Crippen LogP contribution in [0.1, 0.15) is 25.3 Å². The fourth-order valence-corrected chi connectivity index (χ4v) is 3.39. The molecule has 0 radical (unpaired) electrons. The lowest BCUT2D eigenvalue weighted by Crippen LogP contribution is -2.52. The Labute approximate surface area is 130 Å². The second-order valence-corrected chi connectivity index (χ2v) is 6.41. The molecule has 1 aliphatic rings. The van der Waals surface area contributed by atoms with Gasteiger partial charge in [0.2, 0.25) is 0 Å². The van der Waals surface area contributed by atoms with Crippen molar-refractivity contribution in [3.8, 4) is 0 Å². The lowest BCUT2D eigenvalue weighted by atomic mass is 10.1. The third-order valence-corrected chi connectivity index (χ3v) is 4.48. The van der Waals surface area contributed by atoms with Crippen molar-refractivity contribution in [2.75, 3.05) is 37.6 Å². The third kappa shape index (κ3) is 3.71. The Morgan fingerprint density at radius 2 is 2.05 bits per heavy atom. The van der Waals surface area contributed by atoms with Gasteiger partial charge in [-0.05, 0) is 40.9 Å². The average Bonchev–Trinajstić information content (AvgIpc) is 2.45.